The molecule has 2 aromatic carbocycles. The van der Waals surface area contributed by atoms with Gasteiger partial charge >= 0.3 is 0 Å². The Balaban J connectivity index is 1.34. The molecule has 1 saturated heterocycles. The van der Waals surface area contributed by atoms with E-state index < -0.39 is 0 Å². The third-order valence-corrected chi connectivity index (χ3v) is 5.86. The normalized spacial score (nSPS) is 13.8. The summed E-state index contributed by atoms with van der Waals surface area (Å²) in [5.74, 6) is 1.03. The van der Waals surface area contributed by atoms with Crippen LogP contribution in [-0.2, 0) is 11.3 Å². The Bertz CT molecular complexity index is 1330. The quantitative estimate of drug-likeness (QED) is 0.388. The van der Waals surface area contributed by atoms with Crippen molar-refractivity contribution in [3.63, 3.8) is 0 Å². The van der Waals surface area contributed by atoms with E-state index in [1.165, 1.54) is 6.07 Å². The second-order valence-electron chi connectivity index (χ2n) is 8.10. The van der Waals surface area contributed by atoms with Gasteiger partial charge in [-0.3, -0.25) is 4.98 Å². The van der Waals surface area contributed by atoms with Gasteiger partial charge in [-0.05, 0) is 49.4 Å². The molecule has 1 fully saturated rings. The van der Waals surface area contributed by atoms with Gasteiger partial charge in [-0.25, -0.2) is 9.37 Å². The van der Waals surface area contributed by atoms with Gasteiger partial charge in [-0.15, -0.1) is 0 Å². The largest absolute Gasteiger partial charge is 0.378 e. The van der Waals surface area contributed by atoms with Crippen molar-refractivity contribution in [2.75, 3.05) is 41.8 Å². The lowest BCUT2D eigenvalue weighted by atomic mass is 10.1. The summed E-state index contributed by atoms with van der Waals surface area (Å²) in [5, 5.41) is 8.18. The number of morpholine rings is 1. The summed E-state index contributed by atoms with van der Waals surface area (Å²) >= 11 is 6.09. The molecule has 0 saturated carbocycles. The molecule has 1 aliphatic rings. The van der Waals surface area contributed by atoms with E-state index in [1.807, 2.05) is 37.3 Å². The smallest absolute Gasteiger partial charge is 0.227 e. The van der Waals surface area contributed by atoms with E-state index in [2.05, 4.69) is 30.5 Å². The van der Waals surface area contributed by atoms with Crippen molar-refractivity contribution in [2.45, 2.75) is 13.5 Å². The molecule has 9 heteroatoms. The number of anilines is 4. The average Bonchev–Trinajstić information content (AvgIpc) is 2.84. The number of aryl methyl sites for hydroxylation is 1. The summed E-state index contributed by atoms with van der Waals surface area (Å²) in [6.07, 6.45) is 1.72. The fraction of sp³-hybridized carbons (Fsp3) is 0.240. The van der Waals surface area contributed by atoms with Crippen LogP contribution >= 0.6 is 11.6 Å². The minimum atomic E-state index is -0.288. The topological polar surface area (TPSA) is 75.2 Å². The summed E-state index contributed by atoms with van der Waals surface area (Å²) < 4.78 is 20.0. The van der Waals surface area contributed by atoms with Gasteiger partial charge in [0.1, 0.15) is 11.6 Å². The number of nitrogens with one attached hydrogen (secondary N) is 2. The molecule has 0 spiro atoms. The molecule has 0 amide bonds. The van der Waals surface area contributed by atoms with Crippen molar-refractivity contribution in [2.24, 2.45) is 0 Å². The predicted molar refractivity (Wildman–Crippen MR) is 134 cm³/mol. The van der Waals surface area contributed by atoms with Crippen molar-refractivity contribution in [1.29, 1.82) is 0 Å². The molecular weight excluding hydrogens is 455 g/mol. The van der Waals surface area contributed by atoms with Crippen LogP contribution in [0.1, 0.15) is 11.3 Å². The van der Waals surface area contributed by atoms with Crippen molar-refractivity contribution in [1.82, 2.24) is 15.0 Å². The first-order chi connectivity index (χ1) is 16.5. The first-order valence-electron chi connectivity index (χ1n) is 11.1. The van der Waals surface area contributed by atoms with Crippen LogP contribution < -0.4 is 15.5 Å². The Morgan fingerprint density at radius 3 is 2.76 bits per heavy atom. The number of fused-ring (bicyclic) bond motifs is 1. The molecular formula is C25H24ClFN6O. The number of rotatable bonds is 6. The van der Waals surface area contributed by atoms with E-state index in [4.69, 9.17) is 16.3 Å². The molecule has 0 atom stereocenters. The highest BCUT2D eigenvalue weighted by Crippen LogP contribution is 2.28. The van der Waals surface area contributed by atoms with E-state index in [0.29, 0.717) is 35.6 Å². The zero-order valence-electron chi connectivity index (χ0n) is 18.7. The highest BCUT2D eigenvalue weighted by molar-refractivity contribution is 6.31. The molecule has 34 heavy (non-hydrogen) atoms. The molecule has 0 aliphatic carbocycles. The van der Waals surface area contributed by atoms with Crippen LogP contribution in [-0.4, -0.2) is 41.3 Å². The maximum Gasteiger partial charge on any atom is 0.227 e. The molecule has 2 N–H and O–H groups in total. The summed E-state index contributed by atoms with van der Waals surface area (Å²) in [6, 6.07) is 14.3. The number of ether oxygens (including phenoxy) is 1. The molecule has 5 rings (SSSR count). The minimum absolute atomic E-state index is 0.285. The van der Waals surface area contributed by atoms with E-state index in [-0.39, 0.29) is 12.4 Å². The Morgan fingerprint density at radius 2 is 1.91 bits per heavy atom. The van der Waals surface area contributed by atoms with Crippen LogP contribution in [0.2, 0.25) is 5.02 Å². The Morgan fingerprint density at radius 1 is 1.06 bits per heavy atom. The Kier molecular flexibility index (Phi) is 6.42. The lowest BCUT2D eigenvalue weighted by Crippen LogP contribution is -2.37. The Labute approximate surface area is 202 Å². The van der Waals surface area contributed by atoms with E-state index in [1.54, 1.807) is 18.3 Å². The molecule has 3 heterocycles. The number of hydrogen-bond donors (Lipinski definition) is 2. The van der Waals surface area contributed by atoms with Crippen LogP contribution in [0.25, 0.3) is 10.9 Å². The van der Waals surface area contributed by atoms with Crippen molar-refractivity contribution < 1.29 is 9.13 Å². The van der Waals surface area contributed by atoms with Crippen LogP contribution in [0.5, 0.6) is 0 Å². The zero-order valence-corrected chi connectivity index (χ0v) is 19.4. The van der Waals surface area contributed by atoms with Gasteiger partial charge in [0.05, 0.1) is 18.7 Å². The van der Waals surface area contributed by atoms with Gasteiger partial charge in [0, 0.05) is 64.9 Å². The Hall–Kier alpha value is -3.49. The van der Waals surface area contributed by atoms with Crippen molar-refractivity contribution in [3.05, 3.63) is 76.8 Å². The van der Waals surface area contributed by atoms with Gasteiger partial charge in [-0.1, -0.05) is 11.6 Å². The molecule has 0 radical (unpaired) electrons. The van der Waals surface area contributed by atoms with Crippen molar-refractivity contribution in [3.8, 4) is 0 Å². The number of nitrogens with zero attached hydrogens (tertiary/aromatic N) is 4. The number of hydrogen-bond acceptors (Lipinski definition) is 7. The van der Waals surface area contributed by atoms with Crippen LogP contribution in [0.15, 0.2) is 54.7 Å². The van der Waals surface area contributed by atoms with Crippen molar-refractivity contribution >= 4 is 45.6 Å². The van der Waals surface area contributed by atoms with Gasteiger partial charge in [-0.2, -0.15) is 4.98 Å². The first-order valence-corrected chi connectivity index (χ1v) is 11.4. The first kappa shape index (κ1) is 22.3. The van der Waals surface area contributed by atoms with E-state index in [9.17, 15) is 4.39 Å². The van der Waals surface area contributed by atoms with Gasteiger partial charge < -0.3 is 20.3 Å². The lowest BCUT2D eigenvalue weighted by molar-refractivity contribution is 0.122. The average molecular weight is 479 g/mol. The summed E-state index contributed by atoms with van der Waals surface area (Å²) in [4.78, 5) is 15.6. The van der Waals surface area contributed by atoms with Gasteiger partial charge in [0.15, 0.2) is 0 Å². The predicted octanol–water partition coefficient (Wildman–Crippen LogP) is 5.32. The monoisotopic (exact) mass is 478 g/mol. The van der Waals surface area contributed by atoms with E-state index in [0.717, 1.165) is 41.1 Å². The van der Waals surface area contributed by atoms with E-state index >= 15 is 0 Å². The minimum Gasteiger partial charge on any atom is -0.378 e. The van der Waals surface area contributed by atoms with Crippen LogP contribution in [0.4, 0.5) is 27.5 Å². The van der Waals surface area contributed by atoms with Gasteiger partial charge in [0.25, 0.3) is 0 Å². The molecule has 4 aromatic rings. The SMILES string of the molecule is Cc1cc(NCc2cc(Nc3ccnc4cc(Cl)ccc34)ccc2F)nc(N2CCOCC2)n1. The second-order valence-corrected chi connectivity index (χ2v) is 8.54. The highest BCUT2D eigenvalue weighted by Gasteiger charge is 2.15. The molecule has 174 valence electrons. The van der Waals surface area contributed by atoms with Crippen LogP contribution in [0.3, 0.4) is 0 Å². The third-order valence-electron chi connectivity index (χ3n) is 5.63. The van der Waals surface area contributed by atoms with Gasteiger partial charge in [0.2, 0.25) is 5.95 Å². The number of aromatic nitrogens is 3. The number of pyridine rings is 1. The number of halogens is 2. The zero-order chi connectivity index (χ0) is 23.5. The molecule has 0 unspecified atom stereocenters. The lowest BCUT2D eigenvalue weighted by Gasteiger charge is -2.27. The molecule has 1 aliphatic heterocycles. The summed E-state index contributed by atoms with van der Waals surface area (Å²) in [6.45, 7) is 5.03. The fourth-order valence-electron chi connectivity index (χ4n) is 3.91. The maximum atomic E-state index is 14.6. The third kappa shape index (κ3) is 5.03. The number of benzene rings is 2. The second kappa shape index (κ2) is 9.79. The standard InChI is InChI=1S/C25H24ClFN6O/c1-16-12-24(32-25(30-16)33-8-10-34-11-9-33)29-15-17-13-19(3-5-21(17)27)31-22-6-7-28-23-14-18(26)2-4-20(22)23/h2-7,12-14H,8-11,15H2,1H3,(H,28,31)(H,29,30,32). The molecule has 0 bridgehead atoms. The summed E-state index contributed by atoms with van der Waals surface area (Å²) in [7, 11) is 0. The maximum absolute atomic E-state index is 14.6. The molecule has 7 nitrogen and oxygen atoms in total. The fourth-order valence-corrected chi connectivity index (χ4v) is 4.07. The molecule has 2 aromatic heterocycles. The van der Waals surface area contributed by atoms with Crippen LogP contribution in [0, 0.1) is 12.7 Å². The summed E-state index contributed by atoms with van der Waals surface area (Å²) in [5.41, 5.74) is 3.80. The highest BCUT2D eigenvalue weighted by atomic mass is 35.5.